The number of hydrogen-bond acceptors (Lipinski definition) is 3. The van der Waals surface area contributed by atoms with Gasteiger partial charge in [-0.15, -0.1) is 0 Å². The van der Waals surface area contributed by atoms with Crippen molar-refractivity contribution in [1.82, 2.24) is 4.90 Å². The summed E-state index contributed by atoms with van der Waals surface area (Å²) in [6, 6.07) is 8.25. The summed E-state index contributed by atoms with van der Waals surface area (Å²) in [7, 11) is 0. The van der Waals surface area contributed by atoms with Crippen LogP contribution in [0.4, 0.5) is 5.69 Å². The van der Waals surface area contributed by atoms with Crippen LogP contribution in [0.3, 0.4) is 0 Å². The number of carbonyl (C=O) groups excluding carboxylic acids is 2. The van der Waals surface area contributed by atoms with Crippen molar-refractivity contribution in [3.63, 3.8) is 0 Å². The van der Waals surface area contributed by atoms with Crippen molar-refractivity contribution in [3.05, 3.63) is 29.8 Å². The summed E-state index contributed by atoms with van der Waals surface area (Å²) in [6.45, 7) is 2.86. The Morgan fingerprint density at radius 3 is 2.35 bits per heavy atom. The second-order valence-corrected chi connectivity index (χ2v) is 8.06. The van der Waals surface area contributed by atoms with Gasteiger partial charge >= 0.3 is 0 Å². The van der Waals surface area contributed by atoms with E-state index in [1.807, 2.05) is 29.2 Å². The molecule has 2 fully saturated rings. The average Bonchev–Trinajstić information content (AvgIpc) is 3.46. The lowest BCUT2D eigenvalue weighted by atomic mass is 9.71. The van der Waals surface area contributed by atoms with Gasteiger partial charge in [0.25, 0.3) is 0 Å². The maximum Gasteiger partial charge on any atom is 0.224 e. The number of rotatable bonds is 7. The Balaban J connectivity index is 1.55. The minimum absolute atomic E-state index is 0.0193. The molecule has 26 heavy (non-hydrogen) atoms. The highest BCUT2D eigenvalue weighted by Crippen LogP contribution is 2.38. The molecule has 1 aromatic rings. The minimum Gasteiger partial charge on any atom is -0.336 e. The molecule has 0 aliphatic heterocycles. The molecule has 2 amide bonds. The summed E-state index contributed by atoms with van der Waals surface area (Å²) < 4.78 is 0. The van der Waals surface area contributed by atoms with Crippen LogP contribution in [0.1, 0.15) is 63.9 Å². The van der Waals surface area contributed by atoms with E-state index in [9.17, 15) is 9.59 Å². The average molecular weight is 357 g/mol. The number of nitrogens with one attached hydrogen (secondary N) is 1. The van der Waals surface area contributed by atoms with Crippen molar-refractivity contribution in [1.29, 1.82) is 0 Å². The van der Waals surface area contributed by atoms with E-state index in [2.05, 4.69) is 5.32 Å². The maximum atomic E-state index is 12.5. The molecule has 0 spiro atoms. The fourth-order valence-electron chi connectivity index (χ4n) is 4.07. The first-order valence-corrected chi connectivity index (χ1v) is 9.87. The third kappa shape index (κ3) is 4.85. The van der Waals surface area contributed by atoms with Gasteiger partial charge < -0.3 is 16.0 Å². The van der Waals surface area contributed by atoms with Crippen LogP contribution in [0.25, 0.3) is 0 Å². The van der Waals surface area contributed by atoms with Crippen LogP contribution < -0.4 is 11.1 Å². The lowest BCUT2D eigenvalue weighted by Gasteiger charge is -2.35. The Bertz CT molecular complexity index is 631. The molecular formula is C21H31N3O2. The molecule has 5 heteroatoms. The number of carbonyl (C=O) groups is 2. The smallest absolute Gasteiger partial charge is 0.224 e. The molecule has 5 nitrogen and oxygen atoms in total. The van der Waals surface area contributed by atoms with Gasteiger partial charge in [-0.05, 0) is 55.3 Å². The summed E-state index contributed by atoms with van der Waals surface area (Å²) in [5, 5.41) is 3.01. The Hall–Kier alpha value is -1.88. The molecule has 1 aromatic carbocycles. The summed E-state index contributed by atoms with van der Waals surface area (Å²) in [5.41, 5.74) is 7.87. The number of nitrogens with zero attached hydrogens (tertiary/aromatic N) is 1. The van der Waals surface area contributed by atoms with E-state index in [1.165, 1.54) is 19.3 Å². The molecule has 0 bridgehead atoms. The van der Waals surface area contributed by atoms with Crippen molar-refractivity contribution in [2.45, 2.75) is 70.9 Å². The molecule has 2 aliphatic rings. The molecule has 0 radical (unpaired) electrons. The predicted octanol–water partition coefficient (Wildman–Crippen LogP) is 3.44. The van der Waals surface area contributed by atoms with Gasteiger partial charge in [0.05, 0.1) is 0 Å². The van der Waals surface area contributed by atoms with E-state index in [0.29, 0.717) is 25.6 Å². The Labute approximate surface area is 156 Å². The first-order chi connectivity index (χ1) is 12.5. The largest absolute Gasteiger partial charge is 0.336 e. The molecule has 0 unspecified atom stereocenters. The van der Waals surface area contributed by atoms with Crippen molar-refractivity contribution < 1.29 is 9.59 Å². The highest BCUT2D eigenvalue weighted by molar-refractivity contribution is 5.91. The van der Waals surface area contributed by atoms with Gasteiger partial charge in [0, 0.05) is 31.6 Å². The number of hydrogen-bond donors (Lipinski definition) is 2. The first kappa shape index (κ1) is 18.9. The van der Waals surface area contributed by atoms with E-state index in [1.54, 1.807) is 6.92 Å². The van der Waals surface area contributed by atoms with Crippen molar-refractivity contribution in [2.24, 2.45) is 11.1 Å². The molecule has 0 atom stereocenters. The predicted molar refractivity (Wildman–Crippen MR) is 104 cm³/mol. The summed E-state index contributed by atoms with van der Waals surface area (Å²) in [4.78, 5) is 26.2. The molecule has 3 rings (SSSR count). The van der Waals surface area contributed by atoms with Gasteiger partial charge in [0.2, 0.25) is 11.8 Å². The first-order valence-electron chi connectivity index (χ1n) is 9.87. The quantitative estimate of drug-likeness (QED) is 0.785. The summed E-state index contributed by atoms with van der Waals surface area (Å²) >= 11 is 0. The zero-order valence-electron chi connectivity index (χ0n) is 15.8. The number of amides is 2. The third-order valence-electron chi connectivity index (χ3n) is 5.87. The van der Waals surface area contributed by atoms with Crippen LogP contribution in [0.5, 0.6) is 0 Å². The molecule has 2 saturated carbocycles. The number of anilines is 1. The highest BCUT2D eigenvalue weighted by Gasteiger charge is 2.33. The topological polar surface area (TPSA) is 75.4 Å². The van der Waals surface area contributed by atoms with Crippen LogP contribution in [-0.4, -0.2) is 29.3 Å². The third-order valence-corrected chi connectivity index (χ3v) is 5.87. The van der Waals surface area contributed by atoms with Crippen molar-refractivity contribution in [2.75, 3.05) is 11.9 Å². The van der Waals surface area contributed by atoms with Gasteiger partial charge in [0.1, 0.15) is 0 Å². The van der Waals surface area contributed by atoms with Crippen molar-refractivity contribution >= 4 is 17.5 Å². The van der Waals surface area contributed by atoms with Crippen LogP contribution >= 0.6 is 0 Å². The zero-order valence-corrected chi connectivity index (χ0v) is 15.8. The molecule has 0 saturated heterocycles. The van der Waals surface area contributed by atoms with E-state index in [-0.39, 0.29) is 17.2 Å². The number of nitrogens with two attached hydrogens (primary N) is 1. The van der Waals surface area contributed by atoms with Crippen LogP contribution in [0.15, 0.2) is 24.3 Å². The summed E-state index contributed by atoms with van der Waals surface area (Å²) in [6.07, 6.45) is 8.43. The van der Waals surface area contributed by atoms with Crippen molar-refractivity contribution in [3.8, 4) is 0 Å². The molecule has 3 N–H and O–H groups in total. The van der Waals surface area contributed by atoms with Gasteiger partial charge in [-0.25, -0.2) is 0 Å². The van der Waals surface area contributed by atoms with Crippen LogP contribution in [0, 0.1) is 5.41 Å². The van der Waals surface area contributed by atoms with Crippen LogP contribution in [-0.2, 0) is 16.1 Å². The second kappa shape index (κ2) is 8.21. The molecule has 0 aromatic heterocycles. The Morgan fingerprint density at radius 2 is 1.81 bits per heavy atom. The molecule has 142 valence electrons. The molecule has 0 heterocycles. The van der Waals surface area contributed by atoms with E-state index >= 15 is 0 Å². The van der Waals surface area contributed by atoms with Gasteiger partial charge in [-0.2, -0.15) is 0 Å². The van der Waals surface area contributed by atoms with E-state index in [4.69, 9.17) is 5.73 Å². The number of benzene rings is 1. The van der Waals surface area contributed by atoms with E-state index < -0.39 is 0 Å². The lowest BCUT2D eigenvalue weighted by Crippen LogP contribution is -2.36. The zero-order chi connectivity index (χ0) is 18.6. The monoisotopic (exact) mass is 357 g/mol. The lowest BCUT2D eigenvalue weighted by molar-refractivity contribution is -0.130. The normalized spacial score (nSPS) is 19.0. The minimum atomic E-state index is -0.0193. The maximum absolute atomic E-state index is 12.5. The second-order valence-electron chi connectivity index (χ2n) is 8.06. The SMILES string of the molecule is CC(=O)N(Cc1ccc(NC(=O)CC2(CN)CCCCC2)cc1)C1CC1. The van der Waals surface area contributed by atoms with Gasteiger partial charge in [-0.3, -0.25) is 9.59 Å². The summed E-state index contributed by atoms with van der Waals surface area (Å²) in [5.74, 6) is 0.179. The Kier molecular flexibility index (Phi) is 5.97. The Morgan fingerprint density at radius 1 is 1.15 bits per heavy atom. The van der Waals surface area contributed by atoms with Crippen LogP contribution in [0.2, 0.25) is 0 Å². The fourth-order valence-corrected chi connectivity index (χ4v) is 4.07. The van der Waals surface area contributed by atoms with Gasteiger partial charge in [0.15, 0.2) is 0 Å². The van der Waals surface area contributed by atoms with E-state index in [0.717, 1.165) is 36.9 Å². The van der Waals surface area contributed by atoms with Gasteiger partial charge in [-0.1, -0.05) is 31.4 Å². The molecule has 2 aliphatic carbocycles. The fraction of sp³-hybridized carbons (Fsp3) is 0.619. The standard InChI is InChI=1S/C21H31N3O2/c1-16(25)24(19-9-10-19)14-17-5-7-18(8-6-17)23-20(26)13-21(15-22)11-3-2-4-12-21/h5-8,19H,2-4,9-15,22H2,1H3,(H,23,26). The molecular weight excluding hydrogens is 326 g/mol. The highest BCUT2D eigenvalue weighted by atomic mass is 16.2.